The molecule has 3 heterocycles. The molecule has 7 heteroatoms. The zero-order valence-electron chi connectivity index (χ0n) is 16.5. The molecule has 0 saturated heterocycles. The van der Waals surface area contributed by atoms with Crippen LogP contribution in [0.3, 0.4) is 0 Å². The minimum absolute atomic E-state index is 0.245. The Morgan fingerprint density at radius 1 is 0.931 bits per heavy atom. The summed E-state index contributed by atoms with van der Waals surface area (Å²) in [6.07, 6.45) is 5.19. The molecule has 1 atom stereocenters. The Hall–Kier alpha value is -3.61. The van der Waals surface area contributed by atoms with Crippen molar-refractivity contribution in [3.8, 4) is 11.3 Å². The second-order valence-corrected chi connectivity index (χ2v) is 6.84. The van der Waals surface area contributed by atoms with Gasteiger partial charge in [-0.15, -0.1) is 0 Å². The standard InChI is InChI=1S/C22H21FN6/c1-14-20(15(2)29(3)28-14)19-10-13-25-22(26-19)27-21(17-8-11-24-12-9-17)16-4-6-18(23)7-5-16/h4-13,21H,1-3H3,(H,25,26,27)/t21-/m0/s1. The van der Waals surface area contributed by atoms with Crippen molar-refractivity contribution in [2.45, 2.75) is 19.9 Å². The van der Waals surface area contributed by atoms with Crippen LogP contribution in [-0.2, 0) is 7.05 Å². The Labute approximate surface area is 168 Å². The van der Waals surface area contributed by atoms with Crippen LogP contribution in [0.4, 0.5) is 10.3 Å². The van der Waals surface area contributed by atoms with E-state index in [-0.39, 0.29) is 11.9 Å². The SMILES string of the molecule is Cc1nn(C)c(C)c1-c1ccnc(N[C@H](c2ccncc2)c2ccc(F)cc2)n1. The van der Waals surface area contributed by atoms with Gasteiger partial charge in [0.25, 0.3) is 0 Å². The van der Waals surface area contributed by atoms with Crippen molar-refractivity contribution in [1.82, 2.24) is 24.7 Å². The number of benzene rings is 1. The molecular weight excluding hydrogens is 367 g/mol. The lowest BCUT2D eigenvalue weighted by molar-refractivity contribution is 0.626. The molecule has 0 fully saturated rings. The van der Waals surface area contributed by atoms with Crippen molar-refractivity contribution in [3.63, 3.8) is 0 Å². The molecule has 146 valence electrons. The molecule has 0 unspecified atom stereocenters. The molecule has 0 spiro atoms. The first-order chi connectivity index (χ1) is 14.0. The summed E-state index contributed by atoms with van der Waals surface area (Å²) in [4.78, 5) is 13.2. The smallest absolute Gasteiger partial charge is 0.223 e. The molecule has 4 aromatic rings. The quantitative estimate of drug-likeness (QED) is 0.554. The first-order valence-corrected chi connectivity index (χ1v) is 9.28. The predicted molar refractivity (Wildman–Crippen MR) is 110 cm³/mol. The fourth-order valence-electron chi connectivity index (χ4n) is 3.41. The Morgan fingerprint density at radius 3 is 2.28 bits per heavy atom. The number of aryl methyl sites for hydroxylation is 2. The van der Waals surface area contributed by atoms with Crippen LogP contribution in [0.2, 0.25) is 0 Å². The number of hydrogen-bond donors (Lipinski definition) is 1. The first-order valence-electron chi connectivity index (χ1n) is 9.28. The summed E-state index contributed by atoms with van der Waals surface area (Å²) in [6, 6.07) is 11.9. The van der Waals surface area contributed by atoms with Gasteiger partial charge in [0.2, 0.25) is 5.95 Å². The zero-order chi connectivity index (χ0) is 20.4. The number of anilines is 1. The molecule has 0 aliphatic carbocycles. The summed E-state index contributed by atoms with van der Waals surface area (Å²) in [7, 11) is 1.92. The van der Waals surface area contributed by atoms with Crippen molar-refractivity contribution < 1.29 is 4.39 Å². The molecule has 6 nitrogen and oxygen atoms in total. The van der Waals surface area contributed by atoms with Gasteiger partial charge in [0.05, 0.1) is 17.4 Å². The Balaban J connectivity index is 1.72. The molecule has 0 aliphatic rings. The maximum absolute atomic E-state index is 13.4. The third-order valence-corrected chi connectivity index (χ3v) is 4.94. The first kappa shape index (κ1) is 18.7. The Bertz CT molecular complexity index is 1120. The van der Waals surface area contributed by atoms with Gasteiger partial charge < -0.3 is 5.32 Å². The van der Waals surface area contributed by atoms with Gasteiger partial charge in [-0.3, -0.25) is 9.67 Å². The fraction of sp³-hybridized carbons (Fsp3) is 0.182. The molecule has 0 bridgehead atoms. The third-order valence-electron chi connectivity index (χ3n) is 4.94. The van der Waals surface area contributed by atoms with Gasteiger partial charge in [-0.05, 0) is 55.3 Å². The van der Waals surface area contributed by atoms with Crippen LogP contribution in [0.1, 0.15) is 28.6 Å². The van der Waals surface area contributed by atoms with E-state index in [1.54, 1.807) is 30.7 Å². The van der Waals surface area contributed by atoms with E-state index in [9.17, 15) is 4.39 Å². The highest BCUT2D eigenvalue weighted by Gasteiger charge is 2.18. The van der Waals surface area contributed by atoms with Crippen molar-refractivity contribution in [2.24, 2.45) is 7.05 Å². The van der Waals surface area contributed by atoms with Crippen LogP contribution in [-0.4, -0.2) is 24.7 Å². The predicted octanol–water partition coefficient (Wildman–Crippen LogP) is 4.23. The van der Waals surface area contributed by atoms with Gasteiger partial charge >= 0.3 is 0 Å². The van der Waals surface area contributed by atoms with Crippen LogP contribution in [0.15, 0.2) is 61.1 Å². The lowest BCUT2D eigenvalue weighted by atomic mass is 10.00. The van der Waals surface area contributed by atoms with Crippen LogP contribution in [0.5, 0.6) is 0 Å². The van der Waals surface area contributed by atoms with Gasteiger partial charge in [0.1, 0.15) is 5.82 Å². The van der Waals surface area contributed by atoms with Crippen LogP contribution < -0.4 is 5.32 Å². The topological polar surface area (TPSA) is 68.5 Å². The molecule has 29 heavy (non-hydrogen) atoms. The van der Waals surface area contributed by atoms with E-state index in [1.807, 2.05) is 43.8 Å². The van der Waals surface area contributed by atoms with E-state index in [2.05, 4.69) is 20.4 Å². The van der Waals surface area contributed by atoms with Gasteiger partial charge in [-0.25, -0.2) is 14.4 Å². The largest absolute Gasteiger partial charge is 0.343 e. The maximum atomic E-state index is 13.4. The van der Waals surface area contributed by atoms with Gasteiger partial charge in [-0.1, -0.05) is 12.1 Å². The summed E-state index contributed by atoms with van der Waals surface area (Å²) in [5.41, 5.74) is 5.64. The average molecular weight is 388 g/mol. The molecule has 4 rings (SSSR count). The molecule has 3 aromatic heterocycles. The molecule has 1 N–H and O–H groups in total. The van der Waals surface area contributed by atoms with E-state index in [0.29, 0.717) is 5.95 Å². The fourth-order valence-corrected chi connectivity index (χ4v) is 3.41. The summed E-state index contributed by atoms with van der Waals surface area (Å²) in [6.45, 7) is 3.98. The Kier molecular flexibility index (Phi) is 5.03. The van der Waals surface area contributed by atoms with Crippen molar-refractivity contribution >= 4 is 5.95 Å². The minimum atomic E-state index is -0.275. The normalized spacial score (nSPS) is 12.0. The number of aromatic nitrogens is 5. The number of halogens is 1. The number of pyridine rings is 1. The maximum Gasteiger partial charge on any atom is 0.223 e. The number of nitrogens with zero attached hydrogens (tertiary/aromatic N) is 5. The number of nitrogens with one attached hydrogen (secondary N) is 1. The average Bonchev–Trinajstić information content (AvgIpc) is 2.99. The van der Waals surface area contributed by atoms with Gasteiger partial charge in [-0.2, -0.15) is 5.10 Å². The second kappa shape index (κ2) is 7.79. The lowest BCUT2D eigenvalue weighted by Crippen LogP contribution is -2.14. The molecule has 0 radical (unpaired) electrons. The Morgan fingerprint density at radius 2 is 1.62 bits per heavy atom. The van der Waals surface area contributed by atoms with Crippen LogP contribution in [0, 0.1) is 19.7 Å². The molecule has 0 saturated carbocycles. The summed E-state index contributed by atoms with van der Waals surface area (Å²) >= 11 is 0. The van der Waals surface area contributed by atoms with Crippen LogP contribution in [0.25, 0.3) is 11.3 Å². The zero-order valence-corrected chi connectivity index (χ0v) is 16.5. The second-order valence-electron chi connectivity index (χ2n) is 6.84. The van der Waals surface area contributed by atoms with Crippen molar-refractivity contribution in [2.75, 3.05) is 5.32 Å². The highest BCUT2D eigenvalue weighted by Crippen LogP contribution is 2.28. The summed E-state index contributed by atoms with van der Waals surface area (Å²) in [5, 5.41) is 7.86. The third kappa shape index (κ3) is 3.85. The summed E-state index contributed by atoms with van der Waals surface area (Å²) in [5.74, 6) is 0.208. The molecule has 1 aromatic carbocycles. The lowest BCUT2D eigenvalue weighted by Gasteiger charge is -2.20. The summed E-state index contributed by atoms with van der Waals surface area (Å²) < 4.78 is 15.3. The molecular formula is C22H21FN6. The highest BCUT2D eigenvalue weighted by molar-refractivity contribution is 5.65. The van der Waals surface area contributed by atoms with E-state index in [0.717, 1.165) is 33.8 Å². The van der Waals surface area contributed by atoms with E-state index in [1.165, 1.54) is 12.1 Å². The van der Waals surface area contributed by atoms with E-state index in [4.69, 9.17) is 4.98 Å². The van der Waals surface area contributed by atoms with Gasteiger partial charge in [0, 0.05) is 36.9 Å². The van der Waals surface area contributed by atoms with Crippen molar-refractivity contribution in [3.05, 3.63) is 89.4 Å². The van der Waals surface area contributed by atoms with Crippen molar-refractivity contribution in [1.29, 1.82) is 0 Å². The van der Waals surface area contributed by atoms with E-state index < -0.39 is 0 Å². The minimum Gasteiger partial charge on any atom is -0.343 e. The van der Waals surface area contributed by atoms with E-state index >= 15 is 0 Å². The molecule has 0 aliphatic heterocycles. The number of hydrogen-bond acceptors (Lipinski definition) is 5. The number of rotatable bonds is 5. The monoisotopic (exact) mass is 388 g/mol. The van der Waals surface area contributed by atoms with Crippen LogP contribution >= 0.6 is 0 Å². The van der Waals surface area contributed by atoms with Gasteiger partial charge in [0.15, 0.2) is 0 Å². The molecule has 0 amide bonds. The highest BCUT2D eigenvalue weighted by atomic mass is 19.1.